The largest absolute Gasteiger partial charge is 0.497 e. The van der Waals surface area contributed by atoms with Crippen LogP contribution < -0.4 is 15.0 Å². The van der Waals surface area contributed by atoms with Gasteiger partial charge in [0.15, 0.2) is 0 Å². The van der Waals surface area contributed by atoms with Gasteiger partial charge in [-0.3, -0.25) is 4.90 Å². The monoisotopic (exact) mass is 234 g/mol. The van der Waals surface area contributed by atoms with Gasteiger partial charge in [-0.25, -0.2) is 4.79 Å². The number of amides is 2. The van der Waals surface area contributed by atoms with Gasteiger partial charge in [-0.05, 0) is 36.6 Å². The molecule has 0 radical (unpaired) electrons. The number of ether oxygens (including phenoxy) is 1. The molecule has 0 bridgehead atoms. The Morgan fingerprint density at radius 1 is 1.53 bits per heavy atom. The van der Waals surface area contributed by atoms with Crippen molar-refractivity contribution >= 4 is 11.7 Å². The molecule has 0 unspecified atom stereocenters. The highest BCUT2D eigenvalue weighted by molar-refractivity contribution is 5.94. The van der Waals surface area contributed by atoms with E-state index in [1.165, 1.54) is 5.56 Å². The van der Waals surface area contributed by atoms with Crippen LogP contribution in [-0.4, -0.2) is 26.2 Å². The number of fused-ring (bicyclic) bond motifs is 1. The van der Waals surface area contributed by atoms with Crippen LogP contribution in [0.15, 0.2) is 18.2 Å². The van der Waals surface area contributed by atoms with E-state index in [1.54, 1.807) is 12.0 Å². The molecule has 4 nitrogen and oxygen atoms in total. The van der Waals surface area contributed by atoms with Crippen LogP contribution >= 0.6 is 0 Å². The number of methoxy groups -OCH3 is 1. The standard InChI is InChI=1S/C13H18N2O2/c1-3-7-14-13(16)15-8-6-10-9-11(17-2)4-5-12(10)15/h4-5,9H,3,6-8H2,1-2H3,(H,14,16). The van der Waals surface area contributed by atoms with Crippen LogP contribution in [0.5, 0.6) is 5.75 Å². The second-order valence-electron chi connectivity index (χ2n) is 4.13. The van der Waals surface area contributed by atoms with E-state index in [-0.39, 0.29) is 6.03 Å². The first kappa shape index (κ1) is 11.8. The summed E-state index contributed by atoms with van der Waals surface area (Å²) in [5.41, 5.74) is 2.18. The number of benzene rings is 1. The highest BCUT2D eigenvalue weighted by atomic mass is 16.5. The first-order valence-corrected chi connectivity index (χ1v) is 5.98. The van der Waals surface area contributed by atoms with E-state index in [2.05, 4.69) is 5.32 Å². The lowest BCUT2D eigenvalue weighted by Crippen LogP contribution is -2.39. The molecule has 0 aliphatic carbocycles. The zero-order chi connectivity index (χ0) is 12.3. The normalized spacial score (nSPS) is 13.4. The molecule has 1 aliphatic rings. The van der Waals surface area contributed by atoms with Crippen molar-refractivity contribution in [3.05, 3.63) is 23.8 Å². The molecule has 17 heavy (non-hydrogen) atoms. The molecule has 1 aromatic rings. The molecule has 2 rings (SSSR count). The van der Waals surface area contributed by atoms with E-state index in [0.717, 1.165) is 37.4 Å². The Balaban J connectivity index is 2.14. The molecule has 1 N–H and O–H groups in total. The van der Waals surface area contributed by atoms with Crippen LogP contribution in [0.4, 0.5) is 10.5 Å². The van der Waals surface area contributed by atoms with E-state index in [0.29, 0.717) is 0 Å². The molecule has 4 heteroatoms. The smallest absolute Gasteiger partial charge is 0.321 e. The maximum Gasteiger partial charge on any atom is 0.321 e. The van der Waals surface area contributed by atoms with Crippen molar-refractivity contribution in [2.24, 2.45) is 0 Å². The van der Waals surface area contributed by atoms with Crippen molar-refractivity contribution in [1.29, 1.82) is 0 Å². The van der Waals surface area contributed by atoms with E-state index in [9.17, 15) is 4.79 Å². The van der Waals surface area contributed by atoms with E-state index < -0.39 is 0 Å². The molecule has 0 aromatic heterocycles. The average molecular weight is 234 g/mol. The molecule has 0 saturated carbocycles. The molecule has 2 amide bonds. The predicted octanol–water partition coefficient (Wildman–Crippen LogP) is 2.18. The second kappa shape index (κ2) is 5.08. The lowest BCUT2D eigenvalue weighted by Gasteiger charge is -2.18. The average Bonchev–Trinajstić information content (AvgIpc) is 2.78. The molecule has 0 fully saturated rings. The van der Waals surface area contributed by atoms with Gasteiger partial charge in [0.25, 0.3) is 0 Å². The summed E-state index contributed by atoms with van der Waals surface area (Å²) in [6.45, 7) is 3.52. The fraction of sp³-hybridized carbons (Fsp3) is 0.462. The molecule has 0 atom stereocenters. The number of rotatable bonds is 3. The van der Waals surface area contributed by atoms with Crippen LogP contribution in [0, 0.1) is 0 Å². The summed E-state index contributed by atoms with van der Waals surface area (Å²) in [6, 6.07) is 5.84. The third-order valence-electron chi connectivity index (χ3n) is 2.95. The van der Waals surface area contributed by atoms with Crippen molar-refractivity contribution in [2.45, 2.75) is 19.8 Å². The van der Waals surface area contributed by atoms with Crippen molar-refractivity contribution in [3.63, 3.8) is 0 Å². The molecule has 0 spiro atoms. The maximum absolute atomic E-state index is 11.9. The summed E-state index contributed by atoms with van der Waals surface area (Å²) in [4.78, 5) is 13.7. The first-order valence-electron chi connectivity index (χ1n) is 5.98. The molecule has 1 aromatic carbocycles. The zero-order valence-corrected chi connectivity index (χ0v) is 10.3. The van der Waals surface area contributed by atoms with Gasteiger partial charge in [0.1, 0.15) is 5.75 Å². The van der Waals surface area contributed by atoms with Gasteiger partial charge in [0.2, 0.25) is 0 Å². The first-order chi connectivity index (χ1) is 8.26. The predicted molar refractivity (Wildman–Crippen MR) is 67.7 cm³/mol. The summed E-state index contributed by atoms with van der Waals surface area (Å²) in [6.07, 6.45) is 1.85. The topological polar surface area (TPSA) is 41.6 Å². The quantitative estimate of drug-likeness (QED) is 0.871. The minimum Gasteiger partial charge on any atom is -0.497 e. The van der Waals surface area contributed by atoms with E-state index in [1.807, 2.05) is 25.1 Å². The van der Waals surface area contributed by atoms with Gasteiger partial charge in [0.05, 0.1) is 7.11 Å². The molecule has 1 heterocycles. The summed E-state index contributed by atoms with van der Waals surface area (Å²) in [5, 5.41) is 2.90. The number of hydrogen-bond acceptors (Lipinski definition) is 2. The Bertz CT molecular complexity index is 418. The summed E-state index contributed by atoms with van der Waals surface area (Å²) < 4.78 is 5.18. The summed E-state index contributed by atoms with van der Waals surface area (Å²) in [5.74, 6) is 0.847. The Morgan fingerprint density at radius 3 is 3.06 bits per heavy atom. The molecular weight excluding hydrogens is 216 g/mol. The zero-order valence-electron chi connectivity index (χ0n) is 10.3. The minimum absolute atomic E-state index is 0.00392. The van der Waals surface area contributed by atoms with Crippen LogP contribution in [0.1, 0.15) is 18.9 Å². The highest BCUT2D eigenvalue weighted by Crippen LogP contribution is 2.31. The van der Waals surface area contributed by atoms with Crippen molar-refractivity contribution < 1.29 is 9.53 Å². The number of carbonyl (C=O) groups excluding carboxylic acids is 1. The second-order valence-corrected chi connectivity index (χ2v) is 4.13. The van der Waals surface area contributed by atoms with Gasteiger partial charge in [-0.1, -0.05) is 6.92 Å². The van der Waals surface area contributed by atoms with Gasteiger partial charge in [0, 0.05) is 18.8 Å². The van der Waals surface area contributed by atoms with Crippen molar-refractivity contribution in [2.75, 3.05) is 25.1 Å². The van der Waals surface area contributed by atoms with E-state index >= 15 is 0 Å². The summed E-state index contributed by atoms with van der Waals surface area (Å²) >= 11 is 0. The van der Waals surface area contributed by atoms with Crippen LogP contribution in [-0.2, 0) is 6.42 Å². The Hall–Kier alpha value is -1.71. The lowest BCUT2D eigenvalue weighted by atomic mass is 10.1. The Labute approximate surface area is 102 Å². The number of urea groups is 1. The lowest BCUT2D eigenvalue weighted by molar-refractivity contribution is 0.247. The van der Waals surface area contributed by atoms with Crippen molar-refractivity contribution in [3.8, 4) is 5.75 Å². The van der Waals surface area contributed by atoms with Crippen molar-refractivity contribution in [1.82, 2.24) is 5.32 Å². The number of anilines is 1. The number of hydrogen-bond donors (Lipinski definition) is 1. The molecule has 92 valence electrons. The molecule has 1 aliphatic heterocycles. The minimum atomic E-state index is -0.00392. The number of nitrogens with one attached hydrogen (secondary N) is 1. The highest BCUT2D eigenvalue weighted by Gasteiger charge is 2.24. The van der Waals surface area contributed by atoms with Crippen LogP contribution in [0.2, 0.25) is 0 Å². The molecular formula is C13H18N2O2. The maximum atomic E-state index is 11.9. The number of carbonyl (C=O) groups is 1. The fourth-order valence-electron chi connectivity index (χ4n) is 2.04. The van der Waals surface area contributed by atoms with E-state index in [4.69, 9.17) is 4.74 Å². The Kier molecular flexibility index (Phi) is 3.52. The van der Waals surface area contributed by atoms with Crippen LogP contribution in [0.3, 0.4) is 0 Å². The Morgan fingerprint density at radius 2 is 2.35 bits per heavy atom. The SMILES string of the molecule is CCCNC(=O)N1CCc2cc(OC)ccc21. The third kappa shape index (κ3) is 2.35. The fourth-order valence-corrected chi connectivity index (χ4v) is 2.04. The van der Waals surface area contributed by atoms with Gasteiger partial charge in [-0.2, -0.15) is 0 Å². The van der Waals surface area contributed by atoms with Gasteiger partial charge < -0.3 is 10.1 Å². The third-order valence-corrected chi connectivity index (χ3v) is 2.95. The van der Waals surface area contributed by atoms with Gasteiger partial charge in [-0.15, -0.1) is 0 Å². The summed E-state index contributed by atoms with van der Waals surface area (Å²) in [7, 11) is 1.66. The molecule has 0 saturated heterocycles. The number of nitrogens with zero attached hydrogens (tertiary/aromatic N) is 1. The van der Waals surface area contributed by atoms with Crippen LogP contribution in [0.25, 0.3) is 0 Å². The van der Waals surface area contributed by atoms with Gasteiger partial charge >= 0.3 is 6.03 Å².